The number of carbonyl (C=O) groups excluding carboxylic acids is 2. The fraction of sp³-hybridized carbons (Fsp3) is 0.360. The number of halogens is 1. The topological polar surface area (TPSA) is 64.6 Å². The third-order valence-corrected chi connectivity index (χ3v) is 7.42. The van der Waals surface area contributed by atoms with Crippen molar-refractivity contribution in [1.29, 1.82) is 0 Å². The standard InChI is InChI=1S/C25H26ClNO4S/c1-13-10-17(26)8-9-20(13)31-12-16-11-21(32-15(16)3)24-22(25(29)30-4)14(2)27-18-6-5-7-19(28)23(18)24/h8-11,24,27H,5-7,12H2,1-4H3/t24-/m0/s1. The molecule has 5 nitrogen and oxygen atoms in total. The van der Waals surface area contributed by atoms with Crippen molar-refractivity contribution >= 4 is 34.7 Å². The fourth-order valence-electron chi connectivity index (χ4n) is 4.41. The van der Waals surface area contributed by atoms with E-state index in [1.807, 2.05) is 39.0 Å². The number of thiophene rings is 1. The van der Waals surface area contributed by atoms with Crippen LogP contribution in [0, 0.1) is 13.8 Å². The minimum atomic E-state index is -0.416. The Bertz CT molecular complexity index is 1160. The minimum absolute atomic E-state index is 0.0956. The van der Waals surface area contributed by atoms with Gasteiger partial charge in [0, 0.05) is 43.7 Å². The van der Waals surface area contributed by atoms with Gasteiger partial charge in [0.05, 0.1) is 18.6 Å². The van der Waals surface area contributed by atoms with E-state index >= 15 is 0 Å². The molecule has 1 aromatic heterocycles. The van der Waals surface area contributed by atoms with Gasteiger partial charge in [0.1, 0.15) is 12.4 Å². The number of methoxy groups -OCH3 is 1. The molecule has 2 aliphatic rings. The third-order valence-electron chi connectivity index (χ3n) is 6.03. The molecule has 0 radical (unpaired) electrons. The number of aryl methyl sites for hydroxylation is 2. The predicted molar refractivity (Wildman–Crippen MR) is 126 cm³/mol. The molecule has 4 rings (SSSR count). The van der Waals surface area contributed by atoms with Crippen molar-refractivity contribution in [3.05, 3.63) is 72.7 Å². The lowest BCUT2D eigenvalue weighted by molar-refractivity contribution is -0.136. The van der Waals surface area contributed by atoms with Gasteiger partial charge in [-0.25, -0.2) is 4.79 Å². The third kappa shape index (κ3) is 4.21. The first-order valence-corrected chi connectivity index (χ1v) is 11.8. The monoisotopic (exact) mass is 471 g/mol. The molecular weight excluding hydrogens is 446 g/mol. The Balaban J connectivity index is 1.70. The van der Waals surface area contributed by atoms with Gasteiger partial charge in [0.25, 0.3) is 0 Å². The van der Waals surface area contributed by atoms with Gasteiger partial charge in [-0.05, 0) is 63.4 Å². The molecule has 168 valence electrons. The smallest absolute Gasteiger partial charge is 0.336 e. The van der Waals surface area contributed by atoms with Gasteiger partial charge in [0.15, 0.2) is 5.78 Å². The van der Waals surface area contributed by atoms with E-state index in [9.17, 15) is 9.59 Å². The van der Waals surface area contributed by atoms with Crippen molar-refractivity contribution < 1.29 is 19.1 Å². The van der Waals surface area contributed by atoms with E-state index < -0.39 is 11.9 Å². The fourth-order valence-corrected chi connectivity index (χ4v) is 5.79. The molecule has 1 atom stereocenters. The second-order valence-corrected chi connectivity index (χ2v) is 9.91. The highest BCUT2D eigenvalue weighted by Gasteiger charge is 2.39. The van der Waals surface area contributed by atoms with Gasteiger partial charge in [-0.2, -0.15) is 0 Å². The van der Waals surface area contributed by atoms with Crippen molar-refractivity contribution in [2.75, 3.05) is 7.11 Å². The van der Waals surface area contributed by atoms with E-state index in [0.29, 0.717) is 29.2 Å². The minimum Gasteiger partial charge on any atom is -0.489 e. The average molecular weight is 472 g/mol. The molecule has 0 fully saturated rings. The maximum absolute atomic E-state index is 12.9. The molecule has 2 aromatic rings. The van der Waals surface area contributed by atoms with E-state index in [4.69, 9.17) is 21.1 Å². The number of benzene rings is 1. The molecule has 0 unspecified atom stereocenters. The van der Waals surface area contributed by atoms with Crippen LogP contribution in [0.5, 0.6) is 5.75 Å². The highest BCUT2D eigenvalue weighted by atomic mass is 35.5. The van der Waals surface area contributed by atoms with E-state index in [1.54, 1.807) is 11.3 Å². The number of carbonyl (C=O) groups is 2. The number of hydrogen-bond donors (Lipinski definition) is 1. The Morgan fingerprint density at radius 3 is 2.72 bits per heavy atom. The van der Waals surface area contributed by atoms with Crippen LogP contribution in [0.25, 0.3) is 0 Å². The Morgan fingerprint density at radius 2 is 2.00 bits per heavy atom. The Kier molecular flexibility index (Phi) is 6.45. The predicted octanol–water partition coefficient (Wildman–Crippen LogP) is 5.74. The maximum atomic E-state index is 12.9. The lowest BCUT2D eigenvalue weighted by Gasteiger charge is -2.33. The summed E-state index contributed by atoms with van der Waals surface area (Å²) in [5.41, 5.74) is 4.88. The molecule has 0 spiro atoms. The quantitative estimate of drug-likeness (QED) is 0.563. The molecule has 0 bridgehead atoms. The van der Waals surface area contributed by atoms with Crippen LogP contribution in [0.3, 0.4) is 0 Å². The van der Waals surface area contributed by atoms with Crippen LogP contribution in [0.1, 0.15) is 53.0 Å². The molecule has 1 aromatic carbocycles. The molecule has 7 heteroatoms. The summed E-state index contributed by atoms with van der Waals surface area (Å²) in [6.07, 6.45) is 2.13. The largest absolute Gasteiger partial charge is 0.489 e. The van der Waals surface area contributed by atoms with Gasteiger partial charge in [-0.1, -0.05) is 11.6 Å². The molecule has 1 N–H and O–H groups in total. The number of Topliss-reactive ketones (excluding diaryl/α,β-unsaturated/α-hetero) is 1. The number of hydrogen-bond acceptors (Lipinski definition) is 6. The average Bonchev–Trinajstić information content (AvgIpc) is 3.12. The zero-order chi connectivity index (χ0) is 23.0. The summed E-state index contributed by atoms with van der Waals surface area (Å²) in [6.45, 7) is 6.26. The van der Waals surface area contributed by atoms with Crippen molar-refractivity contribution in [3.63, 3.8) is 0 Å². The number of nitrogens with one attached hydrogen (secondary N) is 1. The van der Waals surface area contributed by atoms with Crippen LogP contribution >= 0.6 is 22.9 Å². The SMILES string of the molecule is COC(=O)C1=C(C)NC2=C(C(=O)CCC2)[C@H]1c1cc(COc2ccc(Cl)cc2C)c(C)s1. The van der Waals surface area contributed by atoms with Crippen LogP contribution in [-0.4, -0.2) is 18.9 Å². The first-order chi connectivity index (χ1) is 15.3. The van der Waals surface area contributed by atoms with E-state index in [1.165, 1.54) is 7.11 Å². The Morgan fingerprint density at radius 1 is 1.22 bits per heavy atom. The second-order valence-electron chi connectivity index (χ2n) is 8.19. The van der Waals surface area contributed by atoms with Gasteiger partial charge in [-0.3, -0.25) is 4.79 Å². The molecule has 0 saturated heterocycles. The zero-order valence-corrected chi connectivity index (χ0v) is 20.2. The summed E-state index contributed by atoms with van der Waals surface area (Å²) >= 11 is 7.64. The first kappa shape index (κ1) is 22.6. The molecule has 32 heavy (non-hydrogen) atoms. The van der Waals surface area contributed by atoms with Crippen LogP contribution < -0.4 is 10.1 Å². The summed E-state index contributed by atoms with van der Waals surface area (Å²) in [7, 11) is 1.37. The number of ether oxygens (including phenoxy) is 2. The molecule has 1 aliphatic heterocycles. The van der Waals surface area contributed by atoms with Crippen LogP contribution in [0.15, 0.2) is 46.8 Å². The Labute approximate surface area is 197 Å². The van der Waals surface area contributed by atoms with E-state index in [0.717, 1.165) is 50.9 Å². The number of ketones is 1. The highest BCUT2D eigenvalue weighted by Crippen LogP contribution is 2.45. The number of esters is 1. The molecule has 2 heterocycles. The number of dihydropyridines is 1. The summed E-state index contributed by atoms with van der Waals surface area (Å²) in [5, 5.41) is 3.97. The second kappa shape index (κ2) is 9.12. The Hall–Kier alpha value is -2.57. The van der Waals surface area contributed by atoms with Gasteiger partial charge in [0.2, 0.25) is 0 Å². The molecule has 0 saturated carbocycles. The van der Waals surface area contributed by atoms with Crippen LogP contribution in [0.2, 0.25) is 5.02 Å². The summed E-state index contributed by atoms with van der Waals surface area (Å²) in [6, 6.07) is 7.61. The molecular formula is C25H26ClNO4S. The lowest BCUT2D eigenvalue weighted by atomic mass is 9.78. The zero-order valence-electron chi connectivity index (χ0n) is 18.6. The summed E-state index contributed by atoms with van der Waals surface area (Å²) < 4.78 is 11.1. The van der Waals surface area contributed by atoms with Crippen molar-refractivity contribution in [2.24, 2.45) is 0 Å². The maximum Gasteiger partial charge on any atom is 0.336 e. The summed E-state index contributed by atoms with van der Waals surface area (Å²) in [4.78, 5) is 27.7. The van der Waals surface area contributed by atoms with Crippen molar-refractivity contribution in [2.45, 2.75) is 52.6 Å². The van der Waals surface area contributed by atoms with Gasteiger partial charge < -0.3 is 14.8 Å². The molecule has 1 aliphatic carbocycles. The van der Waals surface area contributed by atoms with Gasteiger partial charge in [-0.15, -0.1) is 11.3 Å². The lowest BCUT2D eigenvalue weighted by Crippen LogP contribution is -2.33. The van der Waals surface area contributed by atoms with Crippen LogP contribution in [-0.2, 0) is 20.9 Å². The van der Waals surface area contributed by atoms with Crippen molar-refractivity contribution in [1.82, 2.24) is 5.32 Å². The van der Waals surface area contributed by atoms with E-state index in [-0.39, 0.29) is 5.78 Å². The van der Waals surface area contributed by atoms with E-state index in [2.05, 4.69) is 11.4 Å². The van der Waals surface area contributed by atoms with Gasteiger partial charge >= 0.3 is 5.97 Å². The summed E-state index contributed by atoms with van der Waals surface area (Å²) in [5.74, 6) is 0.0481. The number of rotatable bonds is 5. The van der Waals surface area contributed by atoms with Crippen LogP contribution in [0.4, 0.5) is 0 Å². The highest BCUT2D eigenvalue weighted by molar-refractivity contribution is 7.12. The molecule has 0 amide bonds. The van der Waals surface area contributed by atoms with Crippen molar-refractivity contribution in [3.8, 4) is 5.75 Å². The normalized spacial score (nSPS) is 18.4. The number of allylic oxidation sites excluding steroid dienone is 3. The first-order valence-electron chi connectivity index (χ1n) is 10.6.